The summed E-state index contributed by atoms with van der Waals surface area (Å²) in [6.45, 7) is 6.67. The van der Waals surface area contributed by atoms with Crippen molar-refractivity contribution in [1.29, 1.82) is 0 Å². The summed E-state index contributed by atoms with van der Waals surface area (Å²) in [6, 6.07) is 5.39. The van der Waals surface area contributed by atoms with Gasteiger partial charge in [0.25, 0.3) is 5.91 Å². The minimum Gasteiger partial charge on any atom is -0.496 e. The Balaban J connectivity index is 2.17. The first-order valence-electron chi connectivity index (χ1n) is 7.26. The molecule has 0 unspecified atom stereocenters. The fourth-order valence-corrected chi connectivity index (χ4v) is 3.27. The summed E-state index contributed by atoms with van der Waals surface area (Å²) in [7, 11) is 3.37. The van der Waals surface area contributed by atoms with Crippen LogP contribution >= 0.6 is 22.9 Å². The van der Waals surface area contributed by atoms with Gasteiger partial charge in [0.1, 0.15) is 10.6 Å². The van der Waals surface area contributed by atoms with Gasteiger partial charge >= 0.3 is 0 Å². The van der Waals surface area contributed by atoms with Gasteiger partial charge in [-0.2, -0.15) is 0 Å². The van der Waals surface area contributed by atoms with E-state index >= 15 is 0 Å². The van der Waals surface area contributed by atoms with Crippen molar-refractivity contribution in [3.63, 3.8) is 0 Å². The van der Waals surface area contributed by atoms with Crippen LogP contribution in [0, 0.1) is 0 Å². The van der Waals surface area contributed by atoms with Crippen molar-refractivity contribution in [2.45, 2.75) is 32.7 Å². The first-order chi connectivity index (χ1) is 10.7. The lowest BCUT2D eigenvalue weighted by Gasteiger charge is -2.18. The number of carbonyl (C=O) groups excluding carboxylic acids is 1. The molecule has 0 bridgehead atoms. The van der Waals surface area contributed by atoms with Crippen LogP contribution in [0.15, 0.2) is 24.4 Å². The molecular weight excluding hydrogens is 332 g/mol. The molecule has 0 radical (unpaired) electrons. The molecule has 0 aliphatic heterocycles. The average molecular weight is 353 g/mol. The standard InChI is InChI=1S/C17H21ClN2O2S/c1-17(2,3)16-19-9-14(23-16)15(21)20(4)10-11-8-12(18)6-7-13(11)22-5/h6-9H,10H2,1-5H3. The van der Waals surface area contributed by atoms with Gasteiger partial charge < -0.3 is 9.64 Å². The molecule has 0 saturated carbocycles. The van der Waals surface area contributed by atoms with E-state index in [-0.39, 0.29) is 11.3 Å². The number of rotatable bonds is 4. The van der Waals surface area contributed by atoms with Gasteiger partial charge in [0, 0.05) is 29.6 Å². The summed E-state index contributed by atoms with van der Waals surface area (Å²) >= 11 is 7.48. The fourth-order valence-electron chi connectivity index (χ4n) is 2.11. The number of thiazole rings is 1. The molecule has 124 valence electrons. The number of carbonyl (C=O) groups is 1. The first-order valence-corrected chi connectivity index (χ1v) is 8.46. The molecule has 2 aromatic rings. The Hall–Kier alpha value is -1.59. The van der Waals surface area contributed by atoms with Gasteiger partial charge in [0.15, 0.2) is 0 Å². The van der Waals surface area contributed by atoms with Crippen LogP contribution in [0.1, 0.15) is 41.0 Å². The van der Waals surface area contributed by atoms with E-state index < -0.39 is 0 Å². The normalized spacial score (nSPS) is 11.4. The first kappa shape index (κ1) is 17.8. The Bertz CT molecular complexity index is 707. The maximum atomic E-state index is 12.6. The number of halogens is 1. The molecule has 0 saturated heterocycles. The fraction of sp³-hybridized carbons (Fsp3) is 0.412. The molecule has 0 fully saturated rings. The zero-order valence-electron chi connectivity index (χ0n) is 14.0. The number of nitrogens with zero attached hydrogens (tertiary/aromatic N) is 2. The van der Waals surface area contributed by atoms with Gasteiger partial charge in [0.05, 0.1) is 18.3 Å². The van der Waals surface area contributed by atoms with Crippen LogP contribution in [0.4, 0.5) is 0 Å². The molecule has 1 aromatic carbocycles. The molecule has 6 heteroatoms. The summed E-state index contributed by atoms with van der Waals surface area (Å²) in [5.41, 5.74) is 0.814. The Morgan fingerprint density at radius 3 is 2.65 bits per heavy atom. The van der Waals surface area contributed by atoms with E-state index in [4.69, 9.17) is 16.3 Å². The average Bonchev–Trinajstić information content (AvgIpc) is 2.96. The smallest absolute Gasteiger partial charge is 0.265 e. The summed E-state index contributed by atoms with van der Waals surface area (Å²) in [5, 5.41) is 1.57. The maximum absolute atomic E-state index is 12.6. The van der Waals surface area contributed by atoms with Gasteiger partial charge in [0.2, 0.25) is 0 Å². The van der Waals surface area contributed by atoms with E-state index in [0.717, 1.165) is 10.6 Å². The third-order valence-corrected chi connectivity index (χ3v) is 5.00. The van der Waals surface area contributed by atoms with Crippen LogP contribution in [-0.2, 0) is 12.0 Å². The highest BCUT2D eigenvalue weighted by Crippen LogP contribution is 2.28. The molecule has 4 nitrogen and oxygen atoms in total. The number of hydrogen-bond acceptors (Lipinski definition) is 4. The van der Waals surface area contributed by atoms with Crippen molar-refractivity contribution < 1.29 is 9.53 Å². The lowest BCUT2D eigenvalue weighted by molar-refractivity contribution is 0.0788. The van der Waals surface area contributed by atoms with E-state index in [0.29, 0.717) is 22.2 Å². The van der Waals surface area contributed by atoms with Crippen molar-refractivity contribution in [3.05, 3.63) is 44.9 Å². The van der Waals surface area contributed by atoms with Gasteiger partial charge in [-0.15, -0.1) is 11.3 Å². The van der Waals surface area contributed by atoms with Gasteiger partial charge in [-0.1, -0.05) is 32.4 Å². The molecule has 1 amide bonds. The molecule has 1 heterocycles. The molecule has 23 heavy (non-hydrogen) atoms. The van der Waals surface area contributed by atoms with Crippen LogP contribution in [0.5, 0.6) is 5.75 Å². The molecule has 0 aliphatic carbocycles. The third-order valence-electron chi connectivity index (χ3n) is 3.35. The Kier molecular flexibility index (Phi) is 5.32. The largest absolute Gasteiger partial charge is 0.496 e. The molecule has 0 atom stereocenters. The van der Waals surface area contributed by atoms with Crippen LogP contribution in [-0.4, -0.2) is 29.9 Å². The van der Waals surface area contributed by atoms with Crippen molar-refractivity contribution in [1.82, 2.24) is 9.88 Å². The summed E-state index contributed by atoms with van der Waals surface area (Å²) in [4.78, 5) is 19.3. The molecule has 0 N–H and O–H groups in total. The lowest BCUT2D eigenvalue weighted by atomic mass is 9.98. The van der Waals surface area contributed by atoms with Gasteiger partial charge in [-0.3, -0.25) is 4.79 Å². The minimum atomic E-state index is -0.0576. The number of hydrogen-bond donors (Lipinski definition) is 0. The second-order valence-corrected chi connectivity index (χ2v) is 7.86. The second kappa shape index (κ2) is 6.89. The van der Waals surface area contributed by atoms with Crippen LogP contribution < -0.4 is 4.74 Å². The summed E-state index contributed by atoms with van der Waals surface area (Å²) in [6.07, 6.45) is 1.65. The molecule has 2 rings (SSSR count). The van der Waals surface area contributed by atoms with Crippen molar-refractivity contribution in [2.24, 2.45) is 0 Å². The number of ether oxygens (including phenoxy) is 1. The number of amides is 1. The molecular formula is C17H21ClN2O2S. The topological polar surface area (TPSA) is 42.4 Å². The van der Waals surface area contributed by atoms with Crippen LogP contribution in [0.25, 0.3) is 0 Å². The lowest BCUT2D eigenvalue weighted by Crippen LogP contribution is -2.25. The highest BCUT2D eigenvalue weighted by molar-refractivity contribution is 7.13. The van der Waals surface area contributed by atoms with Crippen molar-refractivity contribution >= 4 is 28.8 Å². The van der Waals surface area contributed by atoms with Gasteiger partial charge in [-0.25, -0.2) is 4.98 Å². The molecule has 0 aliphatic rings. The number of benzene rings is 1. The number of methoxy groups -OCH3 is 1. The Morgan fingerprint density at radius 1 is 1.39 bits per heavy atom. The summed E-state index contributed by atoms with van der Waals surface area (Å²) in [5.74, 6) is 0.661. The summed E-state index contributed by atoms with van der Waals surface area (Å²) < 4.78 is 5.33. The highest BCUT2D eigenvalue weighted by atomic mass is 35.5. The maximum Gasteiger partial charge on any atom is 0.265 e. The van der Waals surface area contributed by atoms with E-state index in [1.54, 1.807) is 37.4 Å². The minimum absolute atomic E-state index is 0.0555. The van der Waals surface area contributed by atoms with E-state index in [1.807, 2.05) is 6.07 Å². The van der Waals surface area contributed by atoms with Crippen molar-refractivity contribution in [2.75, 3.05) is 14.2 Å². The SMILES string of the molecule is COc1ccc(Cl)cc1CN(C)C(=O)c1cnc(C(C)(C)C)s1. The molecule has 1 aromatic heterocycles. The van der Waals surface area contributed by atoms with E-state index in [1.165, 1.54) is 11.3 Å². The molecule has 0 spiro atoms. The zero-order chi connectivity index (χ0) is 17.2. The number of aromatic nitrogens is 1. The highest BCUT2D eigenvalue weighted by Gasteiger charge is 2.22. The third kappa shape index (κ3) is 4.24. The second-order valence-electron chi connectivity index (χ2n) is 6.40. The Labute approximate surface area is 146 Å². The monoisotopic (exact) mass is 352 g/mol. The van der Waals surface area contributed by atoms with Crippen LogP contribution in [0.3, 0.4) is 0 Å². The quantitative estimate of drug-likeness (QED) is 0.820. The van der Waals surface area contributed by atoms with Crippen molar-refractivity contribution in [3.8, 4) is 5.75 Å². The van der Waals surface area contributed by atoms with Gasteiger partial charge in [-0.05, 0) is 18.2 Å². The predicted octanol–water partition coefficient (Wildman–Crippen LogP) is 4.37. The van der Waals surface area contributed by atoms with Crippen LogP contribution in [0.2, 0.25) is 5.02 Å². The van der Waals surface area contributed by atoms with E-state index in [9.17, 15) is 4.79 Å². The zero-order valence-corrected chi connectivity index (χ0v) is 15.6. The Morgan fingerprint density at radius 2 is 2.09 bits per heavy atom. The van der Waals surface area contributed by atoms with E-state index in [2.05, 4.69) is 25.8 Å². The predicted molar refractivity (Wildman–Crippen MR) is 94.6 cm³/mol.